The van der Waals surface area contributed by atoms with Crippen LogP contribution < -0.4 is 4.74 Å². The van der Waals surface area contributed by atoms with Crippen molar-refractivity contribution >= 4 is 16.6 Å². The molecule has 0 aliphatic heterocycles. The first-order valence-corrected chi connectivity index (χ1v) is 8.95. The average molecular weight is 388 g/mol. The van der Waals surface area contributed by atoms with E-state index < -0.39 is 11.6 Å². The van der Waals surface area contributed by atoms with Gasteiger partial charge in [0.2, 0.25) is 0 Å². The molecule has 2 heterocycles. The highest BCUT2D eigenvalue weighted by atomic mass is 19.1. The first-order valence-electron chi connectivity index (χ1n) is 8.95. The Labute approximate surface area is 164 Å². The van der Waals surface area contributed by atoms with E-state index in [1.807, 2.05) is 48.5 Å². The summed E-state index contributed by atoms with van der Waals surface area (Å²) in [6, 6.07) is 18.4. The van der Waals surface area contributed by atoms with Crippen molar-refractivity contribution in [2.75, 3.05) is 0 Å². The molecule has 0 amide bonds. The molecule has 5 rings (SSSR count). The van der Waals surface area contributed by atoms with Crippen LogP contribution in [0.15, 0.2) is 73.1 Å². The second-order valence-corrected chi connectivity index (χ2v) is 6.49. The van der Waals surface area contributed by atoms with Gasteiger partial charge in [-0.15, -0.1) is 5.10 Å². The monoisotopic (exact) mass is 388 g/mol. The molecule has 0 radical (unpaired) electrons. The molecule has 0 saturated carbocycles. The Balaban J connectivity index is 1.53. The highest BCUT2D eigenvalue weighted by Gasteiger charge is 2.14. The molecular formula is C22H14F2N4O. The lowest BCUT2D eigenvalue weighted by molar-refractivity contribution is 0.289. The summed E-state index contributed by atoms with van der Waals surface area (Å²) in [5.41, 5.74) is 3.08. The fourth-order valence-corrected chi connectivity index (χ4v) is 3.21. The molecule has 0 spiro atoms. The lowest BCUT2D eigenvalue weighted by Crippen LogP contribution is -2.00. The minimum Gasteiger partial charge on any atom is -0.486 e. The molecule has 7 heteroatoms. The van der Waals surface area contributed by atoms with Crippen molar-refractivity contribution < 1.29 is 13.5 Å². The van der Waals surface area contributed by atoms with Crippen LogP contribution in [-0.4, -0.2) is 19.6 Å². The molecule has 5 nitrogen and oxygen atoms in total. The number of aromatic nitrogens is 4. The van der Waals surface area contributed by atoms with Gasteiger partial charge in [0.25, 0.3) is 0 Å². The van der Waals surface area contributed by atoms with Gasteiger partial charge in [0.15, 0.2) is 23.0 Å². The van der Waals surface area contributed by atoms with Crippen LogP contribution in [0, 0.1) is 11.6 Å². The van der Waals surface area contributed by atoms with Gasteiger partial charge in [-0.1, -0.05) is 36.4 Å². The number of rotatable bonds is 4. The van der Waals surface area contributed by atoms with Crippen molar-refractivity contribution in [3.8, 4) is 17.1 Å². The number of ether oxygens (including phenoxy) is 1. The molecule has 29 heavy (non-hydrogen) atoms. The summed E-state index contributed by atoms with van der Waals surface area (Å²) >= 11 is 0. The van der Waals surface area contributed by atoms with Crippen LogP contribution in [0.25, 0.3) is 27.9 Å². The Morgan fingerprint density at radius 2 is 1.76 bits per heavy atom. The third-order valence-corrected chi connectivity index (χ3v) is 4.62. The topological polar surface area (TPSA) is 52.3 Å². The van der Waals surface area contributed by atoms with Gasteiger partial charge in [0.1, 0.15) is 18.8 Å². The number of para-hydroxylation sites is 1. The number of fused-ring (bicyclic) bond motifs is 3. The fraction of sp³-hybridized carbons (Fsp3) is 0.0455. The number of nitrogens with zero attached hydrogens (tertiary/aromatic N) is 4. The number of hydrogen-bond donors (Lipinski definition) is 0. The lowest BCUT2D eigenvalue weighted by atomic mass is 10.1. The molecule has 0 bridgehead atoms. The predicted molar refractivity (Wildman–Crippen MR) is 104 cm³/mol. The zero-order valence-electron chi connectivity index (χ0n) is 15.1. The summed E-state index contributed by atoms with van der Waals surface area (Å²) in [7, 11) is 0. The van der Waals surface area contributed by atoms with E-state index in [4.69, 9.17) is 4.74 Å². The van der Waals surface area contributed by atoms with Crippen LogP contribution in [0.1, 0.15) is 5.56 Å². The lowest BCUT2D eigenvalue weighted by Gasteiger charge is -2.10. The Kier molecular flexibility index (Phi) is 4.13. The van der Waals surface area contributed by atoms with Gasteiger partial charge in [-0.3, -0.25) is 0 Å². The quantitative estimate of drug-likeness (QED) is 0.444. The van der Waals surface area contributed by atoms with Gasteiger partial charge in [0.05, 0.1) is 5.52 Å². The maximum Gasteiger partial charge on any atom is 0.182 e. The molecular weight excluding hydrogens is 374 g/mol. The largest absolute Gasteiger partial charge is 0.486 e. The smallest absolute Gasteiger partial charge is 0.182 e. The summed E-state index contributed by atoms with van der Waals surface area (Å²) in [6.45, 7) is 0.0906. The number of hydrogen-bond acceptors (Lipinski definition) is 4. The van der Waals surface area contributed by atoms with Gasteiger partial charge in [0, 0.05) is 22.6 Å². The van der Waals surface area contributed by atoms with Gasteiger partial charge in [-0.2, -0.15) is 0 Å². The third kappa shape index (κ3) is 3.16. The van der Waals surface area contributed by atoms with Gasteiger partial charge in [-0.25, -0.2) is 23.3 Å². The molecule has 0 saturated heterocycles. The molecule has 3 aromatic carbocycles. The summed E-state index contributed by atoms with van der Waals surface area (Å²) in [6.07, 6.45) is 1.63. The SMILES string of the molecule is Fc1ccc(OCc2ccccc2-c2nc3c4ccccc4ncn3n2)c(F)c1. The van der Waals surface area contributed by atoms with Crippen LogP contribution >= 0.6 is 0 Å². The van der Waals surface area contributed by atoms with E-state index in [1.165, 1.54) is 6.07 Å². The minimum absolute atomic E-state index is 0.0145. The second-order valence-electron chi connectivity index (χ2n) is 6.49. The van der Waals surface area contributed by atoms with Crippen molar-refractivity contribution in [2.24, 2.45) is 0 Å². The number of benzene rings is 3. The van der Waals surface area contributed by atoms with Crippen molar-refractivity contribution in [3.63, 3.8) is 0 Å². The molecule has 5 aromatic rings. The van der Waals surface area contributed by atoms with Crippen molar-refractivity contribution in [1.82, 2.24) is 19.6 Å². The van der Waals surface area contributed by atoms with Gasteiger partial charge in [-0.05, 0) is 24.3 Å². The molecule has 0 fully saturated rings. The minimum atomic E-state index is -0.745. The van der Waals surface area contributed by atoms with E-state index >= 15 is 0 Å². The van der Waals surface area contributed by atoms with E-state index in [2.05, 4.69) is 15.1 Å². The van der Waals surface area contributed by atoms with E-state index in [9.17, 15) is 8.78 Å². The van der Waals surface area contributed by atoms with Crippen molar-refractivity contribution in [3.05, 3.63) is 90.3 Å². The molecule has 142 valence electrons. The molecule has 0 atom stereocenters. The maximum atomic E-state index is 13.9. The standard InChI is InChI=1S/C22H14F2N4O/c23-15-9-10-20(18(24)11-15)29-12-14-5-1-2-6-16(14)21-26-22-17-7-3-4-8-19(17)25-13-28(22)27-21/h1-11,13H,12H2. The highest BCUT2D eigenvalue weighted by Crippen LogP contribution is 2.26. The molecule has 0 aliphatic rings. The normalized spacial score (nSPS) is 11.2. The molecule has 0 unspecified atom stereocenters. The van der Waals surface area contributed by atoms with Crippen LogP contribution in [0.4, 0.5) is 8.78 Å². The number of halogens is 2. The fourth-order valence-electron chi connectivity index (χ4n) is 3.21. The first kappa shape index (κ1) is 17.2. The van der Waals surface area contributed by atoms with Crippen LogP contribution in [-0.2, 0) is 6.61 Å². The Morgan fingerprint density at radius 3 is 2.66 bits per heavy atom. The highest BCUT2D eigenvalue weighted by molar-refractivity contribution is 5.91. The van der Waals surface area contributed by atoms with Gasteiger partial charge >= 0.3 is 0 Å². The van der Waals surface area contributed by atoms with E-state index in [-0.39, 0.29) is 12.4 Å². The Bertz CT molecular complexity index is 1350. The summed E-state index contributed by atoms with van der Waals surface area (Å²) in [5, 5.41) is 5.44. The molecule has 0 aliphatic carbocycles. The van der Waals surface area contributed by atoms with Crippen molar-refractivity contribution in [2.45, 2.75) is 6.61 Å². The first-order chi connectivity index (χ1) is 14.2. The molecule has 0 N–H and O–H groups in total. The predicted octanol–water partition coefficient (Wildman–Crippen LogP) is 4.80. The zero-order chi connectivity index (χ0) is 19.8. The van der Waals surface area contributed by atoms with E-state index in [0.717, 1.165) is 34.2 Å². The van der Waals surface area contributed by atoms with Crippen LogP contribution in [0.2, 0.25) is 0 Å². The second kappa shape index (κ2) is 6.94. The Hall–Kier alpha value is -3.87. The zero-order valence-corrected chi connectivity index (χ0v) is 15.1. The van der Waals surface area contributed by atoms with Crippen LogP contribution in [0.3, 0.4) is 0 Å². The average Bonchev–Trinajstić information content (AvgIpc) is 3.18. The maximum absolute atomic E-state index is 13.9. The Morgan fingerprint density at radius 1 is 0.931 bits per heavy atom. The van der Waals surface area contributed by atoms with Gasteiger partial charge < -0.3 is 4.74 Å². The van der Waals surface area contributed by atoms with E-state index in [1.54, 1.807) is 10.8 Å². The summed E-state index contributed by atoms with van der Waals surface area (Å²) in [5.74, 6) is -0.892. The van der Waals surface area contributed by atoms with Crippen molar-refractivity contribution in [1.29, 1.82) is 0 Å². The van der Waals surface area contributed by atoms with Crippen LogP contribution in [0.5, 0.6) is 5.75 Å². The van der Waals surface area contributed by atoms with E-state index in [0.29, 0.717) is 11.5 Å². The third-order valence-electron chi connectivity index (χ3n) is 4.62. The summed E-state index contributed by atoms with van der Waals surface area (Å²) < 4.78 is 34.2. The summed E-state index contributed by atoms with van der Waals surface area (Å²) in [4.78, 5) is 9.08. The molecule has 2 aromatic heterocycles.